The molecule has 1 aromatic heterocycles. The Morgan fingerprint density at radius 3 is 2.40 bits per heavy atom. The predicted octanol–water partition coefficient (Wildman–Crippen LogP) is 3.29. The Morgan fingerprint density at radius 1 is 1.05 bits per heavy atom. The first kappa shape index (κ1) is 14.5. The zero-order chi connectivity index (χ0) is 14.6. The second kappa shape index (κ2) is 6.01. The van der Waals surface area contributed by atoms with Crippen molar-refractivity contribution >= 4 is 0 Å². The van der Waals surface area contributed by atoms with E-state index in [0.717, 1.165) is 17.0 Å². The number of para-hydroxylation sites is 1. The lowest BCUT2D eigenvalue weighted by Gasteiger charge is -2.22. The summed E-state index contributed by atoms with van der Waals surface area (Å²) in [5.41, 5.74) is 2.07. The molecule has 2 aromatic rings. The van der Waals surface area contributed by atoms with E-state index in [1.54, 1.807) is 0 Å². The van der Waals surface area contributed by atoms with Crippen LogP contribution in [0.25, 0.3) is 0 Å². The van der Waals surface area contributed by atoms with Crippen molar-refractivity contribution < 1.29 is 4.74 Å². The Hall–Kier alpha value is -1.94. The van der Waals surface area contributed by atoms with Crippen molar-refractivity contribution in [3.63, 3.8) is 0 Å². The van der Waals surface area contributed by atoms with Gasteiger partial charge in [-0.25, -0.2) is 0 Å². The summed E-state index contributed by atoms with van der Waals surface area (Å²) in [6.45, 7) is 7.19. The number of benzene rings is 1. The molecule has 0 amide bonds. The van der Waals surface area contributed by atoms with Gasteiger partial charge in [0.1, 0.15) is 5.75 Å². The van der Waals surface area contributed by atoms with Gasteiger partial charge in [-0.1, -0.05) is 39.0 Å². The Bertz CT molecular complexity index is 559. The second-order valence-corrected chi connectivity index (χ2v) is 5.74. The van der Waals surface area contributed by atoms with Gasteiger partial charge in [-0.3, -0.25) is 0 Å². The van der Waals surface area contributed by atoms with Crippen LogP contribution in [0.4, 0.5) is 0 Å². The molecule has 0 atom stereocenters. The molecule has 20 heavy (non-hydrogen) atoms. The molecule has 0 aliphatic carbocycles. The molecule has 0 unspecified atom stereocenters. The standard InChI is InChI=1S/C16H21N3O/c1-16(2,3)13-7-5-6-8-14(13)20-15-10-9-12(11-17-4)18-19-15/h5-10,17H,11H2,1-4H3. The maximum Gasteiger partial charge on any atom is 0.238 e. The first-order valence-electron chi connectivity index (χ1n) is 6.75. The molecule has 1 N–H and O–H groups in total. The highest BCUT2D eigenvalue weighted by Crippen LogP contribution is 2.33. The van der Waals surface area contributed by atoms with Gasteiger partial charge in [0.05, 0.1) is 5.69 Å². The van der Waals surface area contributed by atoms with Crippen LogP contribution < -0.4 is 10.1 Å². The number of hydrogen-bond donors (Lipinski definition) is 1. The van der Waals surface area contributed by atoms with E-state index in [1.165, 1.54) is 0 Å². The van der Waals surface area contributed by atoms with Crippen LogP contribution in [0.3, 0.4) is 0 Å². The monoisotopic (exact) mass is 271 g/mol. The lowest BCUT2D eigenvalue weighted by Crippen LogP contribution is -2.12. The van der Waals surface area contributed by atoms with Crippen LogP contribution in [0.15, 0.2) is 36.4 Å². The van der Waals surface area contributed by atoms with Crippen molar-refractivity contribution in [3.05, 3.63) is 47.7 Å². The number of rotatable bonds is 4. The average Bonchev–Trinajstić information content (AvgIpc) is 2.41. The van der Waals surface area contributed by atoms with Crippen molar-refractivity contribution in [1.82, 2.24) is 15.5 Å². The topological polar surface area (TPSA) is 47.0 Å². The molecule has 0 radical (unpaired) electrons. The third-order valence-corrected chi connectivity index (χ3v) is 2.96. The van der Waals surface area contributed by atoms with Gasteiger partial charge in [0.15, 0.2) is 0 Å². The zero-order valence-corrected chi connectivity index (χ0v) is 12.5. The molecule has 0 spiro atoms. The average molecular weight is 271 g/mol. The molecule has 2 rings (SSSR count). The minimum absolute atomic E-state index is 0.0239. The van der Waals surface area contributed by atoms with E-state index in [4.69, 9.17) is 4.74 Å². The van der Waals surface area contributed by atoms with E-state index in [9.17, 15) is 0 Å². The van der Waals surface area contributed by atoms with Crippen LogP contribution in [0, 0.1) is 0 Å². The minimum Gasteiger partial charge on any atom is -0.437 e. The van der Waals surface area contributed by atoms with E-state index in [0.29, 0.717) is 12.4 Å². The van der Waals surface area contributed by atoms with Crippen molar-refractivity contribution in [2.75, 3.05) is 7.05 Å². The molecular weight excluding hydrogens is 250 g/mol. The maximum absolute atomic E-state index is 5.88. The van der Waals surface area contributed by atoms with Gasteiger partial charge in [0.2, 0.25) is 5.88 Å². The van der Waals surface area contributed by atoms with E-state index < -0.39 is 0 Å². The summed E-state index contributed by atoms with van der Waals surface area (Å²) in [5.74, 6) is 1.34. The van der Waals surface area contributed by atoms with E-state index in [2.05, 4.69) is 42.4 Å². The summed E-state index contributed by atoms with van der Waals surface area (Å²) in [4.78, 5) is 0. The number of nitrogens with zero attached hydrogens (tertiary/aromatic N) is 2. The summed E-state index contributed by atoms with van der Waals surface area (Å²) < 4.78 is 5.88. The van der Waals surface area contributed by atoms with E-state index in [-0.39, 0.29) is 5.41 Å². The molecule has 0 aliphatic heterocycles. The SMILES string of the molecule is CNCc1ccc(Oc2ccccc2C(C)(C)C)nn1. The van der Waals surface area contributed by atoms with E-state index >= 15 is 0 Å². The Kier molecular flexibility index (Phi) is 4.35. The minimum atomic E-state index is 0.0239. The van der Waals surface area contributed by atoms with Gasteiger partial charge in [0, 0.05) is 18.2 Å². The van der Waals surface area contributed by atoms with Crippen LogP contribution in [0.5, 0.6) is 11.6 Å². The second-order valence-electron chi connectivity index (χ2n) is 5.74. The molecule has 0 saturated carbocycles. The highest BCUT2D eigenvalue weighted by molar-refractivity contribution is 5.40. The predicted molar refractivity (Wildman–Crippen MR) is 80.0 cm³/mol. The first-order chi connectivity index (χ1) is 9.50. The van der Waals surface area contributed by atoms with Gasteiger partial charge in [-0.2, -0.15) is 5.10 Å². The molecule has 0 aliphatic rings. The highest BCUT2D eigenvalue weighted by atomic mass is 16.5. The van der Waals surface area contributed by atoms with Gasteiger partial charge >= 0.3 is 0 Å². The number of ether oxygens (including phenoxy) is 1. The quantitative estimate of drug-likeness (QED) is 0.927. The summed E-state index contributed by atoms with van der Waals surface area (Å²) >= 11 is 0. The highest BCUT2D eigenvalue weighted by Gasteiger charge is 2.19. The number of aromatic nitrogens is 2. The molecular formula is C16H21N3O. The Morgan fingerprint density at radius 2 is 1.80 bits per heavy atom. The third kappa shape index (κ3) is 3.54. The van der Waals surface area contributed by atoms with Gasteiger partial charge in [-0.15, -0.1) is 5.10 Å². The van der Waals surface area contributed by atoms with Crippen LogP contribution in [-0.2, 0) is 12.0 Å². The molecule has 4 heteroatoms. The fraction of sp³-hybridized carbons (Fsp3) is 0.375. The normalized spacial score (nSPS) is 11.4. The maximum atomic E-state index is 5.88. The Balaban J connectivity index is 2.22. The largest absolute Gasteiger partial charge is 0.437 e. The Labute approximate surface area is 120 Å². The van der Waals surface area contributed by atoms with E-state index in [1.807, 2.05) is 37.4 Å². The zero-order valence-electron chi connectivity index (χ0n) is 12.5. The summed E-state index contributed by atoms with van der Waals surface area (Å²) in [6, 6.07) is 11.8. The lowest BCUT2D eigenvalue weighted by molar-refractivity contribution is 0.432. The summed E-state index contributed by atoms with van der Waals surface area (Å²) in [7, 11) is 1.88. The molecule has 0 fully saturated rings. The van der Waals surface area contributed by atoms with Crippen molar-refractivity contribution in [1.29, 1.82) is 0 Å². The van der Waals surface area contributed by atoms with Crippen molar-refractivity contribution in [2.24, 2.45) is 0 Å². The van der Waals surface area contributed by atoms with Crippen molar-refractivity contribution in [2.45, 2.75) is 32.7 Å². The molecule has 4 nitrogen and oxygen atoms in total. The molecule has 0 saturated heterocycles. The molecule has 0 bridgehead atoms. The van der Waals surface area contributed by atoms with Crippen LogP contribution in [0.1, 0.15) is 32.0 Å². The smallest absolute Gasteiger partial charge is 0.238 e. The fourth-order valence-electron chi connectivity index (χ4n) is 1.97. The lowest BCUT2D eigenvalue weighted by atomic mass is 9.86. The van der Waals surface area contributed by atoms with Gasteiger partial charge < -0.3 is 10.1 Å². The van der Waals surface area contributed by atoms with Crippen LogP contribution in [-0.4, -0.2) is 17.2 Å². The van der Waals surface area contributed by atoms with Gasteiger partial charge in [0.25, 0.3) is 0 Å². The molecule has 106 valence electrons. The van der Waals surface area contributed by atoms with Gasteiger partial charge in [-0.05, 0) is 24.6 Å². The third-order valence-electron chi connectivity index (χ3n) is 2.96. The first-order valence-corrected chi connectivity index (χ1v) is 6.75. The van der Waals surface area contributed by atoms with Crippen LogP contribution in [0.2, 0.25) is 0 Å². The van der Waals surface area contributed by atoms with Crippen molar-refractivity contribution in [3.8, 4) is 11.6 Å². The summed E-state index contributed by atoms with van der Waals surface area (Å²) in [5, 5.41) is 11.3. The fourth-order valence-corrected chi connectivity index (χ4v) is 1.97. The molecule has 1 heterocycles. The summed E-state index contributed by atoms with van der Waals surface area (Å²) in [6.07, 6.45) is 0. The number of hydrogen-bond acceptors (Lipinski definition) is 4. The van der Waals surface area contributed by atoms with Crippen LogP contribution >= 0.6 is 0 Å². The molecule has 1 aromatic carbocycles. The number of nitrogens with one attached hydrogen (secondary N) is 1.